The van der Waals surface area contributed by atoms with Crippen LogP contribution in [0.3, 0.4) is 0 Å². The Bertz CT molecular complexity index is 795. The van der Waals surface area contributed by atoms with Crippen molar-refractivity contribution < 1.29 is 4.84 Å². The Labute approximate surface area is 110 Å². The van der Waals surface area contributed by atoms with E-state index in [2.05, 4.69) is 54.1 Å². The maximum Gasteiger partial charge on any atom is 0.131 e. The van der Waals surface area contributed by atoms with Crippen LogP contribution >= 0.6 is 0 Å². The van der Waals surface area contributed by atoms with E-state index in [0.29, 0.717) is 0 Å². The first kappa shape index (κ1) is 10.4. The summed E-state index contributed by atoms with van der Waals surface area (Å²) in [6.45, 7) is 0. The van der Waals surface area contributed by atoms with E-state index in [1.165, 1.54) is 16.2 Å². The molecule has 1 N–H and O–H groups in total. The summed E-state index contributed by atoms with van der Waals surface area (Å²) in [5.41, 5.74) is 3.69. The van der Waals surface area contributed by atoms with Gasteiger partial charge in [-0.3, -0.25) is 0 Å². The molecule has 1 aliphatic rings. The van der Waals surface area contributed by atoms with Crippen molar-refractivity contribution in [1.82, 2.24) is 5.59 Å². The fraction of sp³-hybridized carbons (Fsp3) is 0. The second-order valence-electron chi connectivity index (χ2n) is 4.49. The van der Waals surface area contributed by atoms with Crippen LogP contribution in [0.4, 0.5) is 5.69 Å². The minimum Gasteiger partial charge on any atom is -0.395 e. The molecule has 0 atom stereocenters. The highest BCUT2D eigenvalue weighted by Crippen LogP contribution is 2.26. The van der Waals surface area contributed by atoms with Crippen molar-refractivity contribution in [2.24, 2.45) is 0 Å². The Morgan fingerprint density at radius 2 is 1.79 bits per heavy atom. The van der Waals surface area contributed by atoms with Crippen LogP contribution in [0, 0.1) is 6.07 Å². The smallest absolute Gasteiger partial charge is 0.131 e. The summed E-state index contributed by atoms with van der Waals surface area (Å²) in [5.74, 6) is 0. The van der Waals surface area contributed by atoms with Crippen molar-refractivity contribution in [3.05, 3.63) is 67.1 Å². The molecular weight excluding hydrogens is 236 g/mol. The summed E-state index contributed by atoms with van der Waals surface area (Å²) in [6, 6.07) is 20.2. The van der Waals surface area contributed by atoms with Gasteiger partial charge in [-0.15, -0.1) is 0 Å². The predicted octanol–water partition coefficient (Wildman–Crippen LogP) is 3.52. The third-order valence-electron chi connectivity index (χ3n) is 3.29. The number of hydrogen-bond acceptors (Lipinski definition) is 3. The Morgan fingerprint density at radius 3 is 2.58 bits per heavy atom. The highest BCUT2D eigenvalue weighted by molar-refractivity contribution is 5.99. The van der Waals surface area contributed by atoms with Gasteiger partial charge in [0.1, 0.15) is 6.26 Å². The van der Waals surface area contributed by atoms with E-state index >= 15 is 0 Å². The van der Waals surface area contributed by atoms with Crippen molar-refractivity contribution >= 4 is 27.2 Å². The highest BCUT2D eigenvalue weighted by Gasteiger charge is 2.08. The molecule has 0 aliphatic carbocycles. The molecule has 0 fully saturated rings. The van der Waals surface area contributed by atoms with Crippen molar-refractivity contribution in [2.45, 2.75) is 0 Å². The first-order valence-corrected chi connectivity index (χ1v) is 6.12. The maximum atomic E-state index is 4.97. The van der Waals surface area contributed by atoms with E-state index in [1.54, 1.807) is 11.3 Å². The molecule has 0 bridgehead atoms. The maximum absolute atomic E-state index is 4.97. The van der Waals surface area contributed by atoms with Crippen molar-refractivity contribution in [3.63, 3.8) is 0 Å². The van der Waals surface area contributed by atoms with Gasteiger partial charge in [0.25, 0.3) is 0 Å². The zero-order valence-electron chi connectivity index (χ0n) is 10.1. The Kier molecular flexibility index (Phi) is 2.19. The lowest BCUT2D eigenvalue weighted by atomic mass is 10.0. The molecule has 91 valence electrons. The summed E-state index contributed by atoms with van der Waals surface area (Å²) in [4.78, 5) is 4.97. The van der Waals surface area contributed by atoms with Gasteiger partial charge in [-0.1, -0.05) is 35.9 Å². The summed E-state index contributed by atoms with van der Waals surface area (Å²) in [6.07, 6.45) is 3.41. The second kappa shape index (κ2) is 4.00. The SMILES string of the molecule is [c]1c(N2C=CON2)ccc2cc3ccccc3cc12. The van der Waals surface area contributed by atoms with Crippen LogP contribution in [-0.2, 0) is 4.84 Å². The van der Waals surface area contributed by atoms with Crippen molar-refractivity contribution in [2.75, 3.05) is 5.01 Å². The molecule has 0 unspecified atom stereocenters. The molecule has 3 aromatic rings. The number of nitrogens with zero attached hydrogens (tertiary/aromatic N) is 1. The predicted molar refractivity (Wildman–Crippen MR) is 76.1 cm³/mol. The molecule has 4 rings (SSSR count). The molecular formula is C16H11N2O. The molecule has 1 heterocycles. The minimum atomic E-state index is 0.927. The topological polar surface area (TPSA) is 24.5 Å². The summed E-state index contributed by atoms with van der Waals surface area (Å²) in [7, 11) is 0. The second-order valence-corrected chi connectivity index (χ2v) is 4.49. The number of fused-ring (bicyclic) bond motifs is 2. The molecule has 1 aliphatic heterocycles. The lowest BCUT2D eigenvalue weighted by Crippen LogP contribution is -2.26. The van der Waals surface area contributed by atoms with Gasteiger partial charge in [-0.2, -0.15) is 0 Å². The lowest BCUT2D eigenvalue weighted by molar-refractivity contribution is 0.159. The zero-order valence-corrected chi connectivity index (χ0v) is 10.1. The van der Waals surface area contributed by atoms with Crippen LogP contribution in [-0.4, -0.2) is 0 Å². The van der Waals surface area contributed by atoms with Crippen LogP contribution in [0.15, 0.2) is 61.0 Å². The van der Waals surface area contributed by atoms with Gasteiger partial charge in [-0.05, 0) is 39.7 Å². The number of hydrazine groups is 1. The summed E-state index contributed by atoms with van der Waals surface area (Å²) < 4.78 is 0. The standard InChI is InChI=1S/C16H11N2O/c1-2-4-13-10-15-11-16(18-7-8-19-17-18)6-5-14(15)9-12(13)3-1/h1-10,17H. The Balaban J connectivity index is 1.92. The number of nitrogens with one attached hydrogen (secondary N) is 1. The van der Waals surface area contributed by atoms with Gasteiger partial charge in [0, 0.05) is 6.07 Å². The van der Waals surface area contributed by atoms with E-state index in [9.17, 15) is 0 Å². The number of anilines is 1. The molecule has 0 aromatic heterocycles. The molecule has 0 amide bonds. The first-order valence-electron chi connectivity index (χ1n) is 6.12. The number of rotatable bonds is 1. The Morgan fingerprint density at radius 1 is 0.947 bits per heavy atom. The quantitative estimate of drug-likeness (QED) is 0.666. The monoisotopic (exact) mass is 247 g/mol. The minimum absolute atomic E-state index is 0.927. The lowest BCUT2D eigenvalue weighted by Gasteiger charge is -2.14. The van der Waals surface area contributed by atoms with Crippen LogP contribution < -0.4 is 10.6 Å². The normalized spacial score (nSPS) is 14.2. The molecule has 3 heteroatoms. The van der Waals surface area contributed by atoms with Gasteiger partial charge in [0.2, 0.25) is 0 Å². The van der Waals surface area contributed by atoms with Crippen molar-refractivity contribution in [1.29, 1.82) is 0 Å². The average molecular weight is 247 g/mol. The number of hydrogen-bond donors (Lipinski definition) is 1. The van der Waals surface area contributed by atoms with E-state index in [4.69, 9.17) is 4.84 Å². The molecule has 1 radical (unpaired) electrons. The highest BCUT2D eigenvalue weighted by atomic mass is 16.7. The molecule has 3 aromatic carbocycles. The van der Waals surface area contributed by atoms with E-state index < -0.39 is 0 Å². The van der Waals surface area contributed by atoms with E-state index in [1.807, 2.05) is 12.3 Å². The third-order valence-corrected chi connectivity index (χ3v) is 3.29. The fourth-order valence-corrected chi connectivity index (χ4v) is 2.33. The van der Waals surface area contributed by atoms with Gasteiger partial charge >= 0.3 is 0 Å². The largest absolute Gasteiger partial charge is 0.395 e. The van der Waals surface area contributed by atoms with E-state index in [-0.39, 0.29) is 0 Å². The molecule has 3 nitrogen and oxygen atoms in total. The van der Waals surface area contributed by atoms with Crippen LogP contribution in [0.1, 0.15) is 0 Å². The third kappa shape index (κ3) is 1.72. The van der Waals surface area contributed by atoms with E-state index in [0.717, 1.165) is 11.1 Å². The van der Waals surface area contributed by atoms with Gasteiger partial charge in [0.15, 0.2) is 0 Å². The molecule has 0 saturated heterocycles. The van der Waals surface area contributed by atoms with Gasteiger partial charge in [-0.25, -0.2) is 5.01 Å². The molecule has 0 saturated carbocycles. The molecule has 0 spiro atoms. The fourth-order valence-electron chi connectivity index (χ4n) is 2.33. The van der Waals surface area contributed by atoms with Crippen molar-refractivity contribution in [3.8, 4) is 0 Å². The van der Waals surface area contributed by atoms with Crippen LogP contribution in [0.2, 0.25) is 0 Å². The summed E-state index contributed by atoms with van der Waals surface area (Å²) in [5, 5.41) is 6.54. The first-order chi connectivity index (χ1) is 9.40. The summed E-state index contributed by atoms with van der Waals surface area (Å²) >= 11 is 0. The Hall–Kier alpha value is -2.52. The van der Waals surface area contributed by atoms with Gasteiger partial charge < -0.3 is 4.84 Å². The zero-order chi connectivity index (χ0) is 12.7. The number of benzene rings is 3. The van der Waals surface area contributed by atoms with Gasteiger partial charge in [0.05, 0.1) is 11.9 Å². The van der Waals surface area contributed by atoms with Crippen LogP contribution in [0.5, 0.6) is 0 Å². The molecule has 19 heavy (non-hydrogen) atoms. The van der Waals surface area contributed by atoms with Crippen LogP contribution in [0.25, 0.3) is 21.5 Å². The average Bonchev–Trinajstić information content (AvgIpc) is 2.98.